The Morgan fingerprint density at radius 1 is 1.55 bits per heavy atom. The predicted molar refractivity (Wildman–Crippen MR) is 45.8 cm³/mol. The fourth-order valence-corrected chi connectivity index (χ4v) is 1.28. The summed E-state index contributed by atoms with van der Waals surface area (Å²) >= 11 is 5.81. The van der Waals surface area contributed by atoms with Crippen molar-refractivity contribution in [1.82, 2.24) is 9.97 Å². The van der Waals surface area contributed by atoms with Crippen molar-refractivity contribution in [1.29, 1.82) is 0 Å². The van der Waals surface area contributed by atoms with Gasteiger partial charge < -0.3 is 4.98 Å². The van der Waals surface area contributed by atoms with E-state index in [0.717, 1.165) is 16.5 Å². The number of fused-ring (bicyclic) bond motifs is 1. The van der Waals surface area contributed by atoms with E-state index in [1.165, 1.54) is 0 Å². The standard InChI is InChI=1S/C8H7ClN2/c1-5-7-6(2-3-10-7)4-11-8(5)9/h2-4,10H,1H3. The molecule has 56 valence electrons. The van der Waals surface area contributed by atoms with Crippen molar-refractivity contribution in [3.05, 3.63) is 29.2 Å². The molecule has 0 saturated carbocycles. The van der Waals surface area contributed by atoms with Crippen LogP contribution in [0.5, 0.6) is 0 Å². The highest BCUT2D eigenvalue weighted by atomic mass is 35.5. The second-order valence-corrected chi connectivity index (χ2v) is 2.84. The zero-order valence-electron chi connectivity index (χ0n) is 6.06. The Morgan fingerprint density at radius 2 is 2.36 bits per heavy atom. The largest absolute Gasteiger partial charge is 0.361 e. The van der Waals surface area contributed by atoms with Crippen LogP contribution in [-0.4, -0.2) is 9.97 Å². The average molecular weight is 167 g/mol. The van der Waals surface area contributed by atoms with E-state index in [0.29, 0.717) is 5.15 Å². The number of hydrogen-bond donors (Lipinski definition) is 1. The number of halogens is 1. The molecule has 0 bridgehead atoms. The van der Waals surface area contributed by atoms with Crippen molar-refractivity contribution in [2.75, 3.05) is 0 Å². The molecule has 0 fully saturated rings. The van der Waals surface area contributed by atoms with Gasteiger partial charge in [0.1, 0.15) is 5.15 Å². The minimum absolute atomic E-state index is 0.569. The molecular formula is C8H7ClN2. The summed E-state index contributed by atoms with van der Waals surface area (Å²) in [6.45, 7) is 1.95. The molecule has 0 spiro atoms. The number of hydrogen-bond acceptors (Lipinski definition) is 1. The van der Waals surface area contributed by atoms with E-state index in [1.54, 1.807) is 6.20 Å². The van der Waals surface area contributed by atoms with Gasteiger partial charge in [0.15, 0.2) is 0 Å². The molecule has 11 heavy (non-hydrogen) atoms. The smallest absolute Gasteiger partial charge is 0.134 e. The van der Waals surface area contributed by atoms with Crippen molar-refractivity contribution < 1.29 is 0 Å². The molecule has 0 saturated heterocycles. The minimum Gasteiger partial charge on any atom is -0.361 e. The molecule has 0 aliphatic rings. The van der Waals surface area contributed by atoms with Crippen LogP contribution >= 0.6 is 11.6 Å². The van der Waals surface area contributed by atoms with Gasteiger partial charge in [-0.3, -0.25) is 0 Å². The molecule has 2 heterocycles. The van der Waals surface area contributed by atoms with Crippen molar-refractivity contribution in [2.24, 2.45) is 0 Å². The summed E-state index contributed by atoms with van der Waals surface area (Å²) in [6, 6.07) is 1.98. The molecule has 0 aliphatic carbocycles. The van der Waals surface area contributed by atoms with Gasteiger partial charge in [-0.2, -0.15) is 0 Å². The lowest BCUT2D eigenvalue weighted by molar-refractivity contribution is 1.29. The number of aromatic amines is 1. The van der Waals surface area contributed by atoms with Crippen LogP contribution in [0, 0.1) is 6.92 Å². The van der Waals surface area contributed by atoms with Crippen molar-refractivity contribution in [3.8, 4) is 0 Å². The lowest BCUT2D eigenvalue weighted by Crippen LogP contribution is -1.81. The maximum atomic E-state index is 5.81. The van der Waals surface area contributed by atoms with E-state index in [-0.39, 0.29) is 0 Å². The van der Waals surface area contributed by atoms with Crippen LogP contribution in [0.15, 0.2) is 18.5 Å². The quantitative estimate of drug-likeness (QED) is 0.599. The first-order valence-corrected chi connectivity index (χ1v) is 3.75. The van der Waals surface area contributed by atoms with E-state index >= 15 is 0 Å². The maximum absolute atomic E-state index is 5.81. The van der Waals surface area contributed by atoms with E-state index in [2.05, 4.69) is 9.97 Å². The van der Waals surface area contributed by atoms with Crippen molar-refractivity contribution >= 4 is 22.5 Å². The van der Waals surface area contributed by atoms with Gasteiger partial charge in [-0.05, 0) is 13.0 Å². The number of nitrogens with zero attached hydrogens (tertiary/aromatic N) is 1. The average Bonchev–Trinajstić information content (AvgIpc) is 2.45. The summed E-state index contributed by atoms with van der Waals surface area (Å²) in [5, 5.41) is 1.67. The molecule has 2 rings (SSSR count). The van der Waals surface area contributed by atoms with Crippen LogP contribution in [0.25, 0.3) is 10.9 Å². The zero-order chi connectivity index (χ0) is 7.84. The molecule has 0 radical (unpaired) electrons. The number of aromatic nitrogens is 2. The number of rotatable bonds is 0. The van der Waals surface area contributed by atoms with Gasteiger partial charge in [0.25, 0.3) is 0 Å². The first-order valence-electron chi connectivity index (χ1n) is 3.37. The summed E-state index contributed by atoms with van der Waals surface area (Å²) in [6.07, 6.45) is 3.65. The van der Waals surface area contributed by atoms with Crippen LogP contribution in [-0.2, 0) is 0 Å². The van der Waals surface area contributed by atoms with Crippen LogP contribution in [0.3, 0.4) is 0 Å². The van der Waals surface area contributed by atoms with Crippen LogP contribution < -0.4 is 0 Å². The van der Waals surface area contributed by atoms with E-state index in [4.69, 9.17) is 11.6 Å². The Hall–Kier alpha value is -1.02. The minimum atomic E-state index is 0.569. The molecule has 2 aromatic rings. The molecule has 2 nitrogen and oxygen atoms in total. The maximum Gasteiger partial charge on any atom is 0.134 e. The second-order valence-electron chi connectivity index (χ2n) is 2.48. The van der Waals surface area contributed by atoms with E-state index in [9.17, 15) is 0 Å². The number of H-pyrrole nitrogens is 1. The van der Waals surface area contributed by atoms with Gasteiger partial charge >= 0.3 is 0 Å². The van der Waals surface area contributed by atoms with Gasteiger partial charge in [-0.25, -0.2) is 4.98 Å². The summed E-state index contributed by atoms with van der Waals surface area (Å²) in [4.78, 5) is 7.13. The highest BCUT2D eigenvalue weighted by Gasteiger charge is 2.01. The second kappa shape index (κ2) is 2.24. The molecular weight excluding hydrogens is 160 g/mol. The third-order valence-corrected chi connectivity index (χ3v) is 2.16. The highest BCUT2D eigenvalue weighted by Crippen LogP contribution is 2.20. The Kier molecular flexibility index (Phi) is 1.36. The Balaban J connectivity index is 2.93. The lowest BCUT2D eigenvalue weighted by Gasteiger charge is -1.96. The molecule has 0 aromatic carbocycles. The Morgan fingerprint density at radius 3 is 3.18 bits per heavy atom. The molecule has 2 aromatic heterocycles. The molecule has 0 amide bonds. The molecule has 0 unspecified atom stereocenters. The summed E-state index contributed by atoms with van der Waals surface area (Å²) in [5.41, 5.74) is 2.08. The summed E-state index contributed by atoms with van der Waals surface area (Å²) in [7, 11) is 0. The SMILES string of the molecule is Cc1c(Cl)ncc2cc[nH]c12. The van der Waals surface area contributed by atoms with E-state index < -0.39 is 0 Å². The van der Waals surface area contributed by atoms with Gasteiger partial charge in [-0.15, -0.1) is 0 Å². The van der Waals surface area contributed by atoms with Gasteiger partial charge in [0.05, 0.1) is 5.52 Å². The first-order chi connectivity index (χ1) is 5.29. The zero-order valence-corrected chi connectivity index (χ0v) is 6.81. The summed E-state index contributed by atoms with van der Waals surface area (Å²) < 4.78 is 0. The highest BCUT2D eigenvalue weighted by molar-refractivity contribution is 6.30. The van der Waals surface area contributed by atoms with Crippen molar-refractivity contribution in [2.45, 2.75) is 6.92 Å². The first kappa shape index (κ1) is 6.68. The topological polar surface area (TPSA) is 28.7 Å². The van der Waals surface area contributed by atoms with Crippen LogP contribution in [0.4, 0.5) is 0 Å². The van der Waals surface area contributed by atoms with Crippen LogP contribution in [0.2, 0.25) is 5.15 Å². The predicted octanol–water partition coefficient (Wildman–Crippen LogP) is 2.52. The number of pyridine rings is 1. The third kappa shape index (κ3) is 0.906. The fourth-order valence-electron chi connectivity index (χ4n) is 1.14. The molecule has 1 N–H and O–H groups in total. The molecule has 0 aliphatic heterocycles. The van der Waals surface area contributed by atoms with E-state index in [1.807, 2.05) is 19.2 Å². The number of aryl methyl sites for hydroxylation is 1. The van der Waals surface area contributed by atoms with Crippen LogP contribution in [0.1, 0.15) is 5.56 Å². The number of nitrogens with one attached hydrogen (secondary N) is 1. The van der Waals surface area contributed by atoms with Gasteiger partial charge in [0.2, 0.25) is 0 Å². The lowest BCUT2D eigenvalue weighted by atomic mass is 10.2. The normalized spacial score (nSPS) is 10.7. The molecule has 3 heteroatoms. The third-order valence-electron chi connectivity index (χ3n) is 1.78. The monoisotopic (exact) mass is 166 g/mol. The Labute approximate surface area is 69.2 Å². The van der Waals surface area contributed by atoms with Gasteiger partial charge in [-0.1, -0.05) is 11.6 Å². The Bertz CT molecular complexity index is 392. The van der Waals surface area contributed by atoms with Crippen molar-refractivity contribution in [3.63, 3.8) is 0 Å². The summed E-state index contributed by atoms with van der Waals surface area (Å²) in [5.74, 6) is 0. The van der Waals surface area contributed by atoms with Gasteiger partial charge in [0, 0.05) is 23.3 Å². The molecule has 0 atom stereocenters. The fraction of sp³-hybridized carbons (Fsp3) is 0.125.